The molecule has 1 N–H and O–H groups in total. The van der Waals surface area contributed by atoms with Crippen LogP contribution in [0.15, 0.2) is 24.3 Å². The van der Waals surface area contributed by atoms with Crippen LogP contribution in [0, 0.1) is 22.6 Å². The topological polar surface area (TPSA) is 44.0 Å². The lowest BCUT2D eigenvalue weighted by atomic mass is 9.64. The van der Waals surface area contributed by atoms with Crippen LogP contribution in [0.1, 0.15) is 57.4 Å². The average molecular weight is 275 g/mol. The Kier molecular flexibility index (Phi) is 4.45. The van der Waals surface area contributed by atoms with E-state index in [0.717, 1.165) is 25.7 Å². The molecule has 0 radical (unpaired) electrons. The zero-order valence-electron chi connectivity index (χ0n) is 12.0. The number of rotatable bonds is 2. The molecule has 1 aromatic carbocycles. The quantitative estimate of drug-likeness (QED) is 0.875. The molecule has 0 saturated heterocycles. The third-order valence-electron chi connectivity index (χ3n) is 4.76. The van der Waals surface area contributed by atoms with Crippen LogP contribution in [0.25, 0.3) is 0 Å². The fraction of sp³-hybridized carbons (Fsp3) is 0.588. The zero-order chi connectivity index (χ0) is 14.6. The SMILES string of the molecule is CC(O)(c1ccc(F)cc1)C1(C#N)CCCCCCC1. The van der Waals surface area contributed by atoms with E-state index in [-0.39, 0.29) is 5.82 Å². The van der Waals surface area contributed by atoms with Crippen LogP contribution in [0.5, 0.6) is 0 Å². The molecule has 0 amide bonds. The van der Waals surface area contributed by atoms with Crippen molar-refractivity contribution in [3.63, 3.8) is 0 Å². The van der Waals surface area contributed by atoms with Crippen LogP contribution in [-0.4, -0.2) is 5.11 Å². The monoisotopic (exact) mass is 275 g/mol. The smallest absolute Gasteiger partial charge is 0.123 e. The lowest BCUT2D eigenvalue weighted by Crippen LogP contribution is -2.43. The molecular weight excluding hydrogens is 253 g/mol. The fourth-order valence-corrected chi connectivity index (χ4v) is 3.27. The third-order valence-corrected chi connectivity index (χ3v) is 4.76. The van der Waals surface area contributed by atoms with E-state index in [1.165, 1.54) is 18.6 Å². The van der Waals surface area contributed by atoms with Gasteiger partial charge in [0.1, 0.15) is 11.4 Å². The van der Waals surface area contributed by atoms with Crippen LogP contribution in [0.4, 0.5) is 4.39 Å². The number of halogens is 1. The number of aliphatic hydroxyl groups is 1. The molecule has 2 rings (SSSR count). The summed E-state index contributed by atoms with van der Waals surface area (Å²) >= 11 is 0. The van der Waals surface area contributed by atoms with E-state index in [1.54, 1.807) is 19.1 Å². The van der Waals surface area contributed by atoms with Gasteiger partial charge in [0.25, 0.3) is 0 Å². The van der Waals surface area contributed by atoms with Crippen molar-refractivity contribution < 1.29 is 9.50 Å². The van der Waals surface area contributed by atoms with E-state index < -0.39 is 11.0 Å². The molecule has 0 heterocycles. The highest BCUT2D eigenvalue weighted by molar-refractivity contribution is 5.28. The Balaban J connectivity index is 2.36. The van der Waals surface area contributed by atoms with Crippen molar-refractivity contribution in [2.24, 2.45) is 5.41 Å². The van der Waals surface area contributed by atoms with Crippen molar-refractivity contribution in [1.29, 1.82) is 5.26 Å². The number of hydrogen-bond donors (Lipinski definition) is 1. The Morgan fingerprint density at radius 3 is 2.10 bits per heavy atom. The molecule has 1 aliphatic carbocycles. The summed E-state index contributed by atoms with van der Waals surface area (Å²) in [5.41, 5.74) is -1.39. The van der Waals surface area contributed by atoms with Crippen molar-refractivity contribution >= 4 is 0 Å². The summed E-state index contributed by atoms with van der Waals surface area (Å²) in [6, 6.07) is 8.27. The van der Waals surface area contributed by atoms with Crippen molar-refractivity contribution in [2.75, 3.05) is 0 Å². The first-order valence-electron chi connectivity index (χ1n) is 7.41. The molecule has 3 heteroatoms. The Labute approximate surface area is 120 Å². The predicted octanol–water partition coefficient (Wildman–Crippen LogP) is 4.29. The van der Waals surface area contributed by atoms with E-state index in [2.05, 4.69) is 6.07 Å². The number of nitrogens with zero attached hydrogens (tertiary/aromatic N) is 1. The Bertz CT molecular complexity index is 479. The van der Waals surface area contributed by atoms with Gasteiger partial charge >= 0.3 is 0 Å². The predicted molar refractivity (Wildman–Crippen MR) is 76.3 cm³/mol. The van der Waals surface area contributed by atoms with Gasteiger partial charge in [-0.2, -0.15) is 5.26 Å². The van der Waals surface area contributed by atoms with E-state index in [4.69, 9.17) is 0 Å². The fourth-order valence-electron chi connectivity index (χ4n) is 3.27. The van der Waals surface area contributed by atoms with Crippen LogP contribution in [0.3, 0.4) is 0 Å². The van der Waals surface area contributed by atoms with Gasteiger partial charge in [-0.15, -0.1) is 0 Å². The molecule has 0 bridgehead atoms. The molecule has 0 aliphatic heterocycles. The summed E-state index contributed by atoms with van der Waals surface area (Å²) in [7, 11) is 0. The molecule has 2 nitrogen and oxygen atoms in total. The maximum atomic E-state index is 13.1. The van der Waals surface area contributed by atoms with Crippen LogP contribution in [0.2, 0.25) is 0 Å². The van der Waals surface area contributed by atoms with Gasteiger partial charge in [0, 0.05) is 0 Å². The molecule has 1 fully saturated rings. The average Bonchev–Trinajstić information content (AvgIpc) is 2.39. The number of nitriles is 1. The normalized spacial score (nSPS) is 22.1. The lowest BCUT2D eigenvalue weighted by Gasteiger charge is -2.42. The van der Waals surface area contributed by atoms with Gasteiger partial charge in [-0.05, 0) is 37.5 Å². The maximum Gasteiger partial charge on any atom is 0.123 e. The number of hydrogen-bond acceptors (Lipinski definition) is 2. The van der Waals surface area contributed by atoms with Crippen LogP contribution in [-0.2, 0) is 5.60 Å². The highest BCUT2D eigenvalue weighted by atomic mass is 19.1. The third kappa shape index (κ3) is 2.71. The highest BCUT2D eigenvalue weighted by Gasteiger charge is 2.48. The second-order valence-corrected chi connectivity index (χ2v) is 6.04. The Hall–Kier alpha value is -1.40. The molecule has 1 aliphatic rings. The van der Waals surface area contributed by atoms with E-state index in [0.29, 0.717) is 18.4 Å². The van der Waals surface area contributed by atoms with Crippen LogP contribution < -0.4 is 0 Å². The first-order chi connectivity index (χ1) is 9.52. The van der Waals surface area contributed by atoms with Crippen LogP contribution >= 0.6 is 0 Å². The molecule has 1 aromatic rings. The standard InChI is InChI=1S/C17H22FNO/c1-16(20,14-7-9-15(18)10-8-14)17(13-19)11-5-3-2-4-6-12-17/h7-10,20H,2-6,11-12H2,1H3. The molecule has 20 heavy (non-hydrogen) atoms. The Morgan fingerprint density at radius 2 is 1.60 bits per heavy atom. The molecular formula is C17H22FNO. The van der Waals surface area contributed by atoms with E-state index in [1.807, 2.05) is 0 Å². The minimum atomic E-state index is -1.24. The van der Waals surface area contributed by atoms with Gasteiger partial charge in [-0.25, -0.2) is 4.39 Å². The van der Waals surface area contributed by atoms with Gasteiger partial charge in [0.15, 0.2) is 0 Å². The maximum absolute atomic E-state index is 13.1. The molecule has 1 saturated carbocycles. The molecule has 108 valence electrons. The summed E-state index contributed by atoms with van der Waals surface area (Å²) in [5.74, 6) is -0.326. The summed E-state index contributed by atoms with van der Waals surface area (Å²) in [6.45, 7) is 1.70. The van der Waals surface area contributed by atoms with E-state index in [9.17, 15) is 14.8 Å². The largest absolute Gasteiger partial charge is 0.384 e. The second-order valence-electron chi connectivity index (χ2n) is 6.04. The summed E-state index contributed by atoms with van der Waals surface area (Å²) in [6.07, 6.45) is 6.77. The van der Waals surface area contributed by atoms with Crippen molar-refractivity contribution in [1.82, 2.24) is 0 Å². The van der Waals surface area contributed by atoms with Gasteiger partial charge in [-0.3, -0.25) is 0 Å². The highest BCUT2D eigenvalue weighted by Crippen LogP contribution is 2.48. The van der Waals surface area contributed by atoms with Crippen molar-refractivity contribution in [3.8, 4) is 6.07 Å². The van der Waals surface area contributed by atoms with Gasteiger partial charge in [0.2, 0.25) is 0 Å². The summed E-state index contributed by atoms with van der Waals surface area (Å²) in [4.78, 5) is 0. The Morgan fingerprint density at radius 1 is 1.10 bits per heavy atom. The second kappa shape index (κ2) is 5.93. The summed E-state index contributed by atoms with van der Waals surface area (Å²) < 4.78 is 13.1. The first-order valence-corrected chi connectivity index (χ1v) is 7.41. The van der Waals surface area contributed by atoms with Crippen molar-refractivity contribution in [3.05, 3.63) is 35.6 Å². The minimum absolute atomic E-state index is 0.326. The zero-order valence-corrected chi connectivity index (χ0v) is 12.0. The minimum Gasteiger partial charge on any atom is -0.384 e. The lowest BCUT2D eigenvalue weighted by molar-refractivity contribution is -0.0583. The molecule has 1 atom stereocenters. The van der Waals surface area contributed by atoms with E-state index >= 15 is 0 Å². The number of benzene rings is 1. The van der Waals surface area contributed by atoms with Gasteiger partial charge < -0.3 is 5.11 Å². The molecule has 0 aromatic heterocycles. The van der Waals surface area contributed by atoms with Crippen molar-refractivity contribution in [2.45, 2.75) is 57.5 Å². The van der Waals surface area contributed by atoms with Gasteiger partial charge in [0.05, 0.1) is 11.5 Å². The molecule has 0 spiro atoms. The summed E-state index contributed by atoms with van der Waals surface area (Å²) in [5, 5.41) is 20.7. The first kappa shape index (κ1) is 15.0. The molecule has 1 unspecified atom stereocenters. The van der Waals surface area contributed by atoms with Gasteiger partial charge in [-0.1, -0.05) is 44.2 Å².